The van der Waals surface area contributed by atoms with Gasteiger partial charge < -0.3 is 10.2 Å². The maximum absolute atomic E-state index is 3.78. The van der Waals surface area contributed by atoms with Gasteiger partial charge in [-0.1, -0.05) is 27.7 Å². The first-order valence-electron chi connectivity index (χ1n) is 7.39. The lowest BCUT2D eigenvalue weighted by atomic mass is 10.0. The molecule has 0 aromatic carbocycles. The van der Waals surface area contributed by atoms with E-state index >= 15 is 0 Å². The van der Waals surface area contributed by atoms with E-state index in [2.05, 4.69) is 37.9 Å². The minimum atomic E-state index is 0.551. The maximum atomic E-state index is 3.78. The summed E-state index contributed by atoms with van der Waals surface area (Å²) in [5, 5.41) is 3.78. The van der Waals surface area contributed by atoms with Gasteiger partial charge in [-0.3, -0.25) is 0 Å². The number of likely N-dealkylation sites (tertiary alicyclic amines) is 1. The largest absolute Gasteiger partial charge is 0.310 e. The summed E-state index contributed by atoms with van der Waals surface area (Å²) in [5.41, 5.74) is 1.10. The molecule has 1 heterocycles. The number of nitrogens with one attached hydrogen (secondary N) is 1. The van der Waals surface area contributed by atoms with E-state index in [4.69, 9.17) is 0 Å². The first-order valence-corrected chi connectivity index (χ1v) is 7.39. The molecule has 1 aliphatic heterocycles. The lowest BCUT2D eigenvalue weighted by Crippen LogP contribution is -2.34. The van der Waals surface area contributed by atoms with E-state index in [1.54, 1.807) is 0 Å². The topological polar surface area (TPSA) is 15.3 Å². The second-order valence-electron chi connectivity index (χ2n) is 7.68. The van der Waals surface area contributed by atoms with E-state index in [-0.39, 0.29) is 0 Å². The molecule has 0 aromatic rings. The van der Waals surface area contributed by atoms with Gasteiger partial charge in [-0.25, -0.2) is 0 Å². The van der Waals surface area contributed by atoms with Gasteiger partial charge in [0.2, 0.25) is 0 Å². The van der Waals surface area contributed by atoms with Gasteiger partial charge in [-0.15, -0.1) is 0 Å². The summed E-state index contributed by atoms with van der Waals surface area (Å²) in [6.07, 6.45) is 4.20. The van der Waals surface area contributed by atoms with Crippen molar-refractivity contribution < 1.29 is 0 Å². The summed E-state index contributed by atoms with van der Waals surface area (Å²) in [7, 11) is 0. The molecular weight excluding hydrogens is 208 g/mol. The van der Waals surface area contributed by atoms with Crippen LogP contribution in [-0.4, -0.2) is 36.6 Å². The SMILES string of the molecule is CC1(C)C(CN2CCC(NC3CC3)C2)C1(C)C. The zero-order valence-corrected chi connectivity index (χ0v) is 11.9. The van der Waals surface area contributed by atoms with Crippen LogP contribution in [0.4, 0.5) is 0 Å². The molecule has 17 heavy (non-hydrogen) atoms. The third kappa shape index (κ3) is 2.04. The fourth-order valence-corrected chi connectivity index (χ4v) is 3.77. The van der Waals surface area contributed by atoms with Crippen molar-refractivity contribution in [1.82, 2.24) is 10.2 Å². The van der Waals surface area contributed by atoms with Crippen LogP contribution >= 0.6 is 0 Å². The second-order valence-corrected chi connectivity index (χ2v) is 7.68. The van der Waals surface area contributed by atoms with E-state index in [1.165, 1.54) is 38.9 Å². The molecule has 98 valence electrons. The van der Waals surface area contributed by atoms with Crippen LogP contribution in [0.15, 0.2) is 0 Å². The Morgan fingerprint density at radius 3 is 2.18 bits per heavy atom. The Balaban J connectivity index is 1.48. The summed E-state index contributed by atoms with van der Waals surface area (Å²) >= 11 is 0. The summed E-state index contributed by atoms with van der Waals surface area (Å²) in [5.74, 6) is 0.898. The quantitative estimate of drug-likeness (QED) is 0.807. The normalized spacial score (nSPS) is 36.4. The molecule has 2 saturated carbocycles. The standard InChI is InChI=1S/C15H28N2/c1-14(2)13(15(14,3)4)10-17-8-7-12(9-17)16-11-5-6-11/h11-13,16H,5-10H2,1-4H3. The molecule has 1 unspecified atom stereocenters. The molecule has 3 aliphatic rings. The highest BCUT2D eigenvalue weighted by Crippen LogP contribution is 2.68. The van der Waals surface area contributed by atoms with E-state index < -0.39 is 0 Å². The molecule has 3 fully saturated rings. The molecule has 2 heteroatoms. The fourth-order valence-electron chi connectivity index (χ4n) is 3.77. The Labute approximate surface area is 106 Å². The molecule has 3 rings (SSSR count). The van der Waals surface area contributed by atoms with Crippen molar-refractivity contribution in [1.29, 1.82) is 0 Å². The van der Waals surface area contributed by atoms with Gasteiger partial charge in [0, 0.05) is 25.2 Å². The van der Waals surface area contributed by atoms with Gasteiger partial charge >= 0.3 is 0 Å². The van der Waals surface area contributed by atoms with Gasteiger partial charge in [-0.05, 0) is 42.6 Å². The summed E-state index contributed by atoms with van der Waals surface area (Å²) in [6, 6.07) is 1.65. The molecule has 1 N–H and O–H groups in total. The molecule has 0 amide bonds. The van der Waals surface area contributed by atoms with Crippen LogP contribution in [0.3, 0.4) is 0 Å². The maximum Gasteiger partial charge on any atom is 0.0209 e. The van der Waals surface area contributed by atoms with Gasteiger partial charge in [0.25, 0.3) is 0 Å². The van der Waals surface area contributed by atoms with E-state index in [0.29, 0.717) is 10.8 Å². The molecule has 0 spiro atoms. The Hall–Kier alpha value is -0.0800. The van der Waals surface area contributed by atoms with Crippen LogP contribution in [0, 0.1) is 16.7 Å². The Morgan fingerprint density at radius 2 is 1.65 bits per heavy atom. The Morgan fingerprint density at radius 1 is 1.00 bits per heavy atom. The van der Waals surface area contributed by atoms with Crippen molar-refractivity contribution in [2.24, 2.45) is 16.7 Å². The molecule has 1 saturated heterocycles. The lowest BCUT2D eigenvalue weighted by Gasteiger charge is -2.17. The van der Waals surface area contributed by atoms with E-state index in [1.807, 2.05) is 0 Å². The third-order valence-electron chi connectivity index (χ3n) is 6.08. The van der Waals surface area contributed by atoms with Crippen molar-refractivity contribution in [3.8, 4) is 0 Å². The van der Waals surface area contributed by atoms with Crippen LogP contribution in [0.25, 0.3) is 0 Å². The third-order valence-corrected chi connectivity index (χ3v) is 6.08. The van der Waals surface area contributed by atoms with Crippen LogP contribution < -0.4 is 5.32 Å². The summed E-state index contributed by atoms with van der Waals surface area (Å²) in [6.45, 7) is 13.7. The molecular formula is C15H28N2. The van der Waals surface area contributed by atoms with E-state index in [0.717, 1.165) is 18.0 Å². The number of nitrogens with zero attached hydrogens (tertiary/aromatic N) is 1. The van der Waals surface area contributed by atoms with Crippen molar-refractivity contribution in [2.75, 3.05) is 19.6 Å². The van der Waals surface area contributed by atoms with Crippen molar-refractivity contribution in [2.45, 2.75) is 59.0 Å². The smallest absolute Gasteiger partial charge is 0.0209 e. The average Bonchev–Trinajstić information content (AvgIpc) is 3.01. The molecule has 2 aliphatic carbocycles. The van der Waals surface area contributed by atoms with Gasteiger partial charge in [-0.2, -0.15) is 0 Å². The lowest BCUT2D eigenvalue weighted by molar-refractivity contribution is 0.291. The number of hydrogen-bond acceptors (Lipinski definition) is 2. The first kappa shape index (κ1) is 12.0. The van der Waals surface area contributed by atoms with Crippen LogP contribution in [-0.2, 0) is 0 Å². The predicted octanol–water partition coefficient (Wildman–Crippen LogP) is 2.49. The average molecular weight is 236 g/mol. The van der Waals surface area contributed by atoms with Crippen molar-refractivity contribution in [3.63, 3.8) is 0 Å². The van der Waals surface area contributed by atoms with Crippen LogP contribution in [0.1, 0.15) is 47.0 Å². The van der Waals surface area contributed by atoms with Gasteiger partial charge in [0.05, 0.1) is 0 Å². The van der Waals surface area contributed by atoms with Gasteiger partial charge in [0.1, 0.15) is 0 Å². The predicted molar refractivity (Wildman–Crippen MR) is 72.1 cm³/mol. The van der Waals surface area contributed by atoms with E-state index in [9.17, 15) is 0 Å². The van der Waals surface area contributed by atoms with Crippen LogP contribution in [0.2, 0.25) is 0 Å². The highest BCUT2D eigenvalue weighted by atomic mass is 15.2. The Kier molecular flexibility index (Phi) is 2.61. The second kappa shape index (κ2) is 3.71. The molecule has 0 bridgehead atoms. The fraction of sp³-hybridized carbons (Fsp3) is 1.00. The molecule has 2 nitrogen and oxygen atoms in total. The molecule has 1 atom stereocenters. The van der Waals surface area contributed by atoms with Crippen molar-refractivity contribution >= 4 is 0 Å². The highest BCUT2D eigenvalue weighted by Gasteiger charge is 2.64. The zero-order valence-electron chi connectivity index (χ0n) is 11.9. The first-order chi connectivity index (χ1) is 7.91. The summed E-state index contributed by atoms with van der Waals surface area (Å²) < 4.78 is 0. The van der Waals surface area contributed by atoms with Gasteiger partial charge in [0.15, 0.2) is 0 Å². The Bertz CT molecular complexity index is 290. The summed E-state index contributed by atoms with van der Waals surface area (Å²) in [4.78, 5) is 2.70. The highest BCUT2D eigenvalue weighted by molar-refractivity contribution is 5.13. The minimum Gasteiger partial charge on any atom is -0.310 e. The van der Waals surface area contributed by atoms with Crippen molar-refractivity contribution in [3.05, 3.63) is 0 Å². The minimum absolute atomic E-state index is 0.551. The monoisotopic (exact) mass is 236 g/mol. The number of hydrogen-bond donors (Lipinski definition) is 1. The molecule has 0 aromatic heterocycles. The zero-order chi connectivity index (χ0) is 12.3. The number of rotatable bonds is 4. The van der Waals surface area contributed by atoms with Crippen LogP contribution in [0.5, 0.6) is 0 Å². The molecule has 0 radical (unpaired) electrons.